The van der Waals surface area contributed by atoms with Crippen LogP contribution in [-0.2, 0) is 23.8 Å². The van der Waals surface area contributed by atoms with Gasteiger partial charge >= 0.3 is 5.97 Å². The number of amides is 1. The number of carbonyl (C=O) groups is 2. The first kappa shape index (κ1) is 78.9. The van der Waals surface area contributed by atoms with Gasteiger partial charge in [0.2, 0.25) is 5.91 Å². The lowest BCUT2D eigenvalue weighted by Gasteiger charge is -2.40. The van der Waals surface area contributed by atoms with Crippen molar-refractivity contribution in [3.05, 3.63) is 36.5 Å². The van der Waals surface area contributed by atoms with E-state index in [9.17, 15) is 35.1 Å². The molecule has 488 valence electrons. The third kappa shape index (κ3) is 50.6. The second kappa shape index (κ2) is 61.5. The molecule has 1 saturated heterocycles. The quantitative estimate of drug-likeness (QED) is 0.0195. The summed E-state index contributed by atoms with van der Waals surface area (Å²) in [5.74, 6) is -0.176. The minimum Gasteiger partial charge on any atom is -0.466 e. The fraction of sp³-hybridized carbons (Fsp3) is 0.889. The Bertz CT molecular complexity index is 1470. The van der Waals surface area contributed by atoms with Gasteiger partial charge in [0.15, 0.2) is 6.29 Å². The summed E-state index contributed by atoms with van der Waals surface area (Å²) >= 11 is 0. The molecule has 1 aliphatic rings. The number of aliphatic hydroxyl groups excluding tert-OH is 5. The van der Waals surface area contributed by atoms with Gasteiger partial charge in [-0.3, -0.25) is 9.59 Å². The van der Waals surface area contributed by atoms with Crippen LogP contribution in [0.1, 0.15) is 348 Å². The number of esters is 1. The average Bonchev–Trinajstić information content (AvgIpc) is 3.65. The van der Waals surface area contributed by atoms with E-state index in [0.29, 0.717) is 19.4 Å². The van der Waals surface area contributed by atoms with Gasteiger partial charge in [0.1, 0.15) is 24.4 Å². The molecular formula is C72H135NO10. The summed E-state index contributed by atoms with van der Waals surface area (Å²) in [4.78, 5) is 25.1. The highest BCUT2D eigenvalue weighted by Crippen LogP contribution is 2.23. The van der Waals surface area contributed by atoms with Crippen LogP contribution in [-0.4, -0.2) is 100 Å². The molecular weight excluding hydrogens is 1040 g/mol. The molecule has 1 rings (SSSR count). The number of hydrogen-bond donors (Lipinski definition) is 6. The van der Waals surface area contributed by atoms with Gasteiger partial charge in [-0.25, -0.2) is 0 Å². The molecule has 7 unspecified atom stereocenters. The number of ether oxygens (including phenoxy) is 3. The van der Waals surface area contributed by atoms with Gasteiger partial charge < -0.3 is 45.1 Å². The molecule has 1 amide bonds. The average molecular weight is 1170 g/mol. The first-order chi connectivity index (χ1) is 40.7. The number of nitrogens with one attached hydrogen (secondary N) is 1. The van der Waals surface area contributed by atoms with Crippen molar-refractivity contribution in [1.29, 1.82) is 0 Å². The highest BCUT2D eigenvalue weighted by Gasteiger charge is 2.44. The molecule has 11 nitrogen and oxygen atoms in total. The minimum absolute atomic E-state index is 0.00759. The van der Waals surface area contributed by atoms with Crippen molar-refractivity contribution >= 4 is 11.9 Å². The lowest BCUT2D eigenvalue weighted by Crippen LogP contribution is -2.60. The van der Waals surface area contributed by atoms with Crippen LogP contribution in [0.15, 0.2) is 36.5 Å². The second-order valence-electron chi connectivity index (χ2n) is 24.9. The number of hydrogen-bond acceptors (Lipinski definition) is 10. The van der Waals surface area contributed by atoms with E-state index in [1.54, 1.807) is 6.08 Å². The second-order valence-corrected chi connectivity index (χ2v) is 24.9. The van der Waals surface area contributed by atoms with Crippen molar-refractivity contribution in [3.8, 4) is 0 Å². The van der Waals surface area contributed by atoms with Crippen LogP contribution in [0.25, 0.3) is 0 Å². The van der Waals surface area contributed by atoms with Crippen molar-refractivity contribution in [3.63, 3.8) is 0 Å². The van der Waals surface area contributed by atoms with Crippen LogP contribution >= 0.6 is 0 Å². The Balaban J connectivity index is 1.92. The maximum absolute atomic E-state index is 13.0. The van der Waals surface area contributed by atoms with Crippen LogP contribution in [0.4, 0.5) is 0 Å². The van der Waals surface area contributed by atoms with Crippen molar-refractivity contribution in [1.82, 2.24) is 5.32 Å². The third-order valence-electron chi connectivity index (χ3n) is 17.0. The maximum Gasteiger partial charge on any atom is 0.305 e. The number of aliphatic hydroxyl groups is 5. The largest absolute Gasteiger partial charge is 0.466 e. The zero-order valence-electron chi connectivity index (χ0n) is 54.2. The Labute approximate surface area is 511 Å². The SMILES string of the molecule is CCCCCCCCC/C=C/C(O)C(COC1OC(CO)C(O)C(O)C1O)NC(=O)CCCCCCCCCCCCCCC/C=C\C/C=C\CCCCCCCCCCCOC(=O)CCCCCCCCCCCCCCCCCCC. The standard InChI is InChI=1S/C72H135NO10/c1-3-5-7-9-11-13-14-15-16-30-34-37-40-44-48-52-56-60-68(77)81-61-57-53-49-45-41-38-35-32-29-27-25-23-21-19-17-18-20-22-24-26-28-31-33-36-39-43-47-51-55-59-67(76)73-64(65(75)58-54-50-46-42-12-10-8-6-4-2)63-82-72-71(80)70(79)69(78)66(62-74)83-72/h17,19,23,25,54,58,64-66,69-72,74-75,78-80H,3-16,18,20-22,24,26-53,55-57,59-63H2,1-2H3,(H,73,76)/b19-17-,25-23-,58-54+. The Hall–Kier alpha value is -2.12. The van der Waals surface area contributed by atoms with E-state index in [2.05, 4.69) is 43.5 Å². The van der Waals surface area contributed by atoms with E-state index in [0.717, 1.165) is 64.2 Å². The molecule has 6 N–H and O–H groups in total. The van der Waals surface area contributed by atoms with Crippen LogP contribution in [0.3, 0.4) is 0 Å². The normalized spacial score (nSPS) is 18.3. The summed E-state index contributed by atoms with van der Waals surface area (Å²) in [6.45, 7) is 4.34. The minimum atomic E-state index is -1.57. The van der Waals surface area contributed by atoms with Gasteiger partial charge in [0.05, 0.1) is 32.0 Å². The molecule has 0 bridgehead atoms. The van der Waals surface area contributed by atoms with Crippen molar-refractivity contribution in [2.75, 3.05) is 19.8 Å². The van der Waals surface area contributed by atoms with Gasteiger partial charge in [0, 0.05) is 12.8 Å². The lowest BCUT2D eigenvalue weighted by molar-refractivity contribution is -0.302. The lowest BCUT2D eigenvalue weighted by atomic mass is 9.99. The summed E-state index contributed by atoms with van der Waals surface area (Å²) < 4.78 is 16.7. The predicted octanol–water partition coefficient (Wildman–Crippen LogP) is 18.2. The van der Waals surface area contributed by atoms with Gasteiger partial charge in [-0.1, -0.05) is 307 Å². The zero-order chi connectivity index (χ0) is 60.2. The first-order valence-electron chi connectivity index (χ1n) is 35.8. The Kier molecular flexibility index (Phi) is 58.5. The molecule has 0 aromatic heterocycles. The Morgan fingerprint density at radius 3 is 1.22 bits per heavy atom. The highest BCUT2D eigenvalue weighted by atomic mass is 16.7. The van der Waals surface area contributed by atoms with E-state index in [-0.39, 0.29) is 18.5 Å². The molecule has 0 saturated carbocycles. The van der Waals surface area contributed by atoms with E-state index in [4.69, 9.17) is 14.2 Å². The molecule has 11 heteroatoms. The summed E-state index contributed by atoms with van der Waals surface area (Å²) in [5, 5.41) is 54.3. The fourth-order valence-corrected chi connectivity index (χ4v) is 11.4. The van der Waals surface area contributed by atoms with E-state index in [1.165, 1.54) is 257 Å². The van der Waals surface area contributed by atoms with E-state index < -0.39 is 49.5 Å². The smallest absolute Gasteiger partial charge is 0.305 e. The summed E-state index contributed by atoms with van der Waals surface area (Å²) in [6, 6.07) is -0.809. The van der Waals surface area contributed by atoms with Crippen LogP contribution in [0.2, 0.25) is 0 Å². The maximum atomic E-state index is 13.0. The van der Waals surface area contributed by atoms with Crippen LogP contribution in [0.5, 0.6) is 0 Å². The number of unbranched alkanes of at least 4 members (excludes halogenated alkanes) is 45. The van der Waals surface area contributed by atoms with Crippen LogP contribution < -0.4 is 5.32 Å². The molecule has 1 heterocycles. The number of carbonyl (C=O) groups excluding carboxylic acids is 2. The molecule has 7 atom stereocenters. The van der Waals surface area contributed by atoms with Crippen molar-refractivity contribution in [2.24, 2.45) is 0 Å². The van der Waals surface area contributed by atoms with Gasteiger partial charge in [-0.15, -0.1) is 0 Å². The molecule has 0 aromatic rings. The van der Waals surface area contributed by atoms with Crippen LogP contribution in [0, 0.1) is 0 Å². The number of allylic oxidation sites excluding steroid dienone is 5. The monoisotopic (exact) mass is 1170 g/mol. The Morgan fingerprint density at radius 2 is 0.807 bits per heavy atom. The van der Waals surface area contributed by atoms with Gasteiger partial charge in [-0.2, -0.15) is 0 Å². The first-order valence-corrected chi connectivity index (χ1v) is 35.8. The number of rotatable bonds is 63. The molecule has 1 aliphatic heterocycles. The molecule has 0 aromatic carbocycles. The molecule has 0 spiro atoms. The third-order valence-corrected chi connectivity index (χ3v) is 17.0. The van der Waals surface area contributed by atoms with Crippen molar-refractivity contribution in [2.45, 2.75) is 391 Å². The molecule has 0 radical (unpaired) electrons. The van der Waals surface area contributed by atoms with E-state index in [1.807, 2.05) is 6.08 Å². The highest BCUT2D eigenvalue weighted by molar-refractivity contribution is 5.76. The van der Waals surface area contributed by atoms with Gasteiger partial charge in [0.25, 0.3) is 0 Å². The summed E-state index contributed by atoms with van der Waals surface area (Å²) in [6.07, 6.45) is 68.7. The topological polar surface area (TPSA) is 175 Å². The molecule has 83 heavy (non-hydrogen) atoms. The zero-order valence-corrected chi connectivity index (χ0v) is 54.2. The molecule has 1 fully saturated rings. The summed E-state index contributed by atoms with van der Waals surface area (Å²) in [5.41, 5.74) is 0. The fourth-order valence-electron chi connectivity index (χ4n) is 11.4. The predicted molar refractivity (Wildman–Crippen MR) is 347 cm³/mol. The summed E-state index contributed by atoms with van der Waals surface area (Å²) in [7, 11) is 0. The molecule has 0 aliphatic carbocycles. The van der Waals surface area contributed by atoms with Gasteiger partial charge in [-0.05, 0) is 64.2 Å². The van der Waals surface area contributed by atoms with Crippen molar-refractivity contribution < 1.29 is 49.3 Å². The Morgan fingerprint density at radius 1 is 0.446 bits per heavy atom. The van der Waals surface area contributed by atoms with E-state index >= 15 is 0 Å².